The van der Waals surface area contributed by atoms with Gasteiger partial charge in [0.25, 0.3) is 0 Å². The van der Waals surface area contributed by atoms with Crippen molar-refractivity contribution < 1.29 is 0 Å². The van der Waals surface area contributed by atoms with E-state index in [1.54, 1.807) is 11.3 Å². The number of rotatable bonds is 4. The van der Waals surface area contributed by atoms with Crippen molar-refractivity contribution in [1.29, 1.82) is 0 Å². The molecule has 0 amide bonds. The van der Waals surface area contributed by atoms with Crippen LogP contribution in [0.3, 0.4) is 0 Å². The van der Waals surface area contributed by atoms with Crippen molar-refractivity contribution in [1.82, 2.24) is 14.4 Å². The fourth-order valence-corrected chi connectivity index (χ4v) is 3.75. The normalized spacial score (nSPS) is 11.2. The van der Waals surface area contributed by atoms with Crippen LogP contribution in [0.4, 0.5) is 0 Å². The molecule has 0 aliphatic heterocycles. The molecule has 1 aromatic carbocycles. The Morgan fingerprint density at radius 3 is 2.52 bits per heavy atom. The molecule has 3 aromatic heterocycles. The zero-order valence-corrected chi connectivity index (χ0v) is 13.3. The number of pyridine rings is 1. The molecule has 0 saturated carbocycles. The van der Waals surface area contributed by atoms with Crippen LogP contribution in [0.1, 0.15) is 5.69 Å². The van der Waals surface area contributed by atoms with Crippen LogP contribution in [0.25, 0.3) is 27.5 Å². The van der Waals surface area contributed by atoms with E-state index in [4.69, 9.17) is 10.7 Å². The molecule has 114 valence electrons. The molecule has 5 heteroatoms. The Morgan fingerprint density at radius 2 is 1.78 bits per heavy atom. The van der Waals surface area contributed by atoms with Crippen molar-refractivity contribution in [3.63, 3.8) is 0 Å². The molecule has 23 heavy (non-hydrogen) atoms. The largest absolute Gasteiger partial charge is 0.330 e. The van der Waals surface area contributed by atoms with E-state index in [0.717, 1.165) is 33.9 Å². The van der Waals surface area contributed by atoms with E-state index >= 15 is 0 Å². The smallest absolute Gasteiger partial charge is 0.194 e. The number of thiazole rings is 1. The molecule has 4 rings (SSSR count). The minimum atomic E-state index is 0.596. The zero-order chi connectivity index (χ0) is 15.6. The lowest BCUT2D eigenvalue weighted by Crippen LogP contribution is -2.06. The molecule has 0 atom stereocenters. The second-order valence-electron chi connectivity index (χ2n) is 5.29. The van der Waals surface area contributed by atoms with E-state index in [0.29, 0.717) is 6.54 Å². The second-order valence-corrected chi connectivity index (χ2v) is 6.12. The van der Waals surface area contributed by atoms with Crippen LogP contribution in [-0.4, -0.2) is 20.9 Å². The molecule has 4 aromatic rings. The van der Waals surface area contributed by atoms with Crippen LogP contribution in [0.15, 0.2) is 60.2 Å². The molecule has 0 bridgehead atoms. The topological polar surface area (TPSA) is 56.2 Å². The van der Waals surface area contributed by atoms with Crippen molar-refractivity contribution in [3.05, 3.63) is 65.9 Å². The molecule has 0 fully saturated rings. The fourth-order valence-electron chi connectivity index (χ4n) is 2.83. The number of nitrogens with zero attached hydrogens (tertiary/aromatic N) is 3. The van der Waals surface area contributed by atoms with Gasteiger partial charge < -0.3 is 5.73 Å². The highest BCUT2D eigenvalue weighted by molar-refractivity contribution is 7.15. The van der Waals surface area contributed by atoms with Gasteiger partial charge in [0.05, 0.1) is 17.1 Å². The van der Waals surface area contributed by atoms with E-state index < -0.39 is 0 Å². The zero-order valence-electron chi connectivity index (χ0n) is 12.5. The Labute approximate surface area is 138 Å². The summed E-state index contributed by atoms with van der Waals surface area (Å²) in [5.74, 6) is 0. The van der Waals surface area contributed by atoms with E-state index in [2.05, 4.69) is 26.9 Å². The first-order valence-corrected chi connectivity index (χ1v) is 8.41. The molecule has 3 heterocycles. The number of hydrogen-bond donors (Lipinski definition) is 1. The number of nitrogens with two attached hydrogens (primary N) is 1. The van der Waals surface area contributed by atoms with Crippen molar-refractivity contribution in [2.45, 2.75) is 6.42 Å². The molecule has 0 aliphatic carbocycles. The molecule has 0 saturated heterocycles. The Kier molecular flexibility index (Phi) is 3.65. The lowest BCUT2D eigenvalue weighted by Gasteiger charge is -2.06. The Bertz CT molecular complexity index is 926. The molecule has 0 unspecified atom stereocenters. The third kappa shape index (κ3) is 2.44. The number of imidazole rings is 1. The van der Waals surface area contributed by atoms with E-state index in [9.17, 15) is 0 Å². The minimum absolute atomic E-state index is 0.596. The van der Waals surface area contributed by atoms with Gasteiger partial charge in [-0.1, -0.05) is 30.3 Å². The summed E-state index contributed by atoms with van der Waals surface area (Å²) in [4.78, 5) is 9.96. The third-order valence-electron chi connectivity index (χ3n) is 3.86. The molecule has 4 nitrogen and oxygen atoms in total. The molecule has 0 aliphatic rings. The van der Waals surface area contributed by atoms with E-state index in [1.807, 2.05) is 42.7 Å². The van der Waals surface area contributed by atoms with Gasteiger partial charge in [-0.2, -0.15) is 0 Å². The van der Waals surface area contributed by atoms with Gasteiger partial charge in [0.1, 0.15) is 0 Å². The summed E-state index contributed by atoms with van der Waals surface area (Å²) >= 11 is 1.65. The molecular formula is C18H16N4S. The van der Waals surface area contributed by atoms with Gasteiger partial charge in [-0.3, -0.25) is 9.38 Å². The van der Waals surface area contributed by atoms with Crippen LogP contribution in [-0.2, 0) is 6.42 Å². The van der Waals surface area contributed by atoms with Crippen molar-refractivity contribution in [2.24, 2.45) is 5.73 Å². The maximum atomic E-state index is 5.87. The first-order valence-electron chi connectivity index (χ1n) is 7.53. The lowest BCUT2D eigenvalue weighted by atomic mass is 10.1. The maximum Gasteiger partial charge on any atom is 0.194 e. The summed E-state index contributed by atoms with van der Waals surface area (Å²) in [6.07, 6.45) is 4.42. The summed E-state index contributed by atoms with van der Waals surface area (Å²) in [5.41, 5.74) is 11.5. The van der Waals surface area contributed by atoms with Crippen LogP contribution in [0.5, 0.6) is 0 Å². The summed E-state index contributed by atoms with van der Waals surface area (Å²) in [5, 5.41) is 2.15. The van der Waals surface area contributed by atoms with Crippen molar-refractivity contribution in [3.8, 4) is 22.5 Å². The fraction of sp³-hybridized carbons (Fsp3) is 0.111. The second kappa shape index (κ2) is 5.95. The molecule has 0 spiro atoms. The SMILES string of the molecule is NCCc1c(-c2ccccc2)nc2scc(-c3ccncc3)n12. The summed E-state index contributed by atoms with van der Waals surface area (Å²) < 4.78 is 2.23. The monoisotopic (exact) mass is 320 g/mol. The van der Waals surface area contributed by atoms with E-state index in [1.165, 1.54) is 5.69 Å². The minimum Gasteiger partial charge on any atom is -0.330 e. The number of fused-ring (bicyclic) bond motifs is 1. The predicted octanol–water partition coefficient (Wildman–Crippen LogP) is 3.63. The van der Waals surface area contributed by atoms with Gasteiger partial charge in [0.15, 0.2) is 4.96 Å². The lowest BCUT2D eigenvalue weighted by molar-refractivity contribution is 0.913. The first kappa shape index (κ1) is 14.1. The highest BCUT2D eigenvalue weighted by Crippen LogP contribution is 2.32. The predicted molar refractivity (Wildman–Crippen MR) is 94.5 cm³/mol. The standard InChI is InChI=1S/C18H16N4S/c19-9-6-15-17(14-4-2-1-3-5-14)21-18-22(15)16(12-23-18)13-7-10-20-11-8-13/h1-5,7-8,10-12H,6,9,19H2. The van der Waals surface area contributed by atoms with Crippen LogP contribution in [0.2, 0.25) is 0 Å². The van der Waals surface area contributed by atoms with Crippen LogP contribution >= 0.6 is 11.3 Å². The Hall–Kier alpha value is -2.50. The summed E-state index contributed by atoms with van der Waals surface area (Å²) in [6, 6.07) is 14.3. The van der Waals surface area contributed by atoms with Gasteiger partial charge in [-0.05, 0) is 18.7 Å². The van der Waals surface area contributed by atoms with Gasteiger partial charge in [-0.15, -0.1) is 11.3 Å². The van der Waals surface area contributed by atoms with Gasteiger partial charge in [0.2, 0.25) is 0 Å². The van der Waals surface area contributed by atoms with Gasteiger partial charge in [-0.25, -0.2) is 4.98 Å². The van der Waals surface area contributed by atoms with Crippen LogP contribution < -0.4 is 5.73 Å². The van der Waals surface area contributed by atoms with Crippen molar-refractivity contribution >= 4 is 16.3 Å². The van der Waals surface area contributed by atoms with Crippen molar-refractivity contribution in [2.75, 3.05) is 6.54 Å². The van der Waals surface area contributed by atoms with Gasteiger partial charge >= 0.3 is 0 Å². The number of hydrogen-bond acceptors (Lipinski definition) is 4. The highest BCUT2D eigenvalue weighted by atomic mass is 32.1. The molecule has 0 radical (unpaired) electrons. The first-order chi connectivity index (χ1) is 11.4. The van der Waals surface area contributed by atoms with Gasteiger partial charge in [0, 0.05) is 35.3 Å². The summed E-state index contributed by atoms with van der Waals surface area (Å²) in [7, 11) is 0. The number of aromatic nitrogens is 3. The quantitative estimate of drug-likeness (QED) is 0.625. The highest BCUT2D eigenvalue weighted by Gasteiger charge is 2.18. The maximum absolute atomic E-state index is 5.87. The average molecular weight is 320 g/mol. The average Bonchev–Trinajstić information content (AvgIpc) is 3.17. The Morgan fingerprint density at radius 1 is 1.00 bits per heavy atom. The molecular weight excluding hydrogens is 304 g/mol. The van der Waals surface area contributed by atoms with Crippen LogP contribution in [0, 0.1) is 0 Å². The summed E-state index contributed by atoms with van der Waals surface area (Å²) in [6.45, 7) is 0.596. The Balaban J connectivity index is 1.97. The molecule has 2 N–H and O–H groups in total. The number of benzene rings is 1. The third-order valence-corrected chi connectivity index (χ3v) is 4.69. The van der Waals surface area contributed by atoms with E-state index in [-0.39, 0.29) is 0 Å².